The van der Waals surface area contributed by atoms with Crippen LogP contribution in [0.3, 0.4) is 0 Å². The topological polar surface area (TPSA) is 55.1 Å². The second kappa shape index (κ2) is 6.71. The average molecular weight is 262 g/mol. The van der Waals surface area contributed by atoms with Crippen LogP contribution in [0.25, 0.3) is 0 Å². The maximum absolute atomic E-state index is 12.1. The molecule has 3 nitrogen and oxygen atoms in total. The molecule has 0 saturated carbocycles. The first-order valence-electron chi connectivity index (χ1n) is 6.99. The largest absolute Gasteiger partial charge is 0.348 e. The van der Waals surface area contributed by atoms with Crippen molar-refractivity contribution in [2.75, 3.05) is 0 Å². The van der Waals surface area contributed by atoms with Crippen LogP contribution in [0.5, 0.6) is 0 Å². The van der Waals surface area contributed by atoms with Gasteiger partial charge in [-0.1, -0.05) is 49.6 Å². The van der Waals surface area contributed by atoms with Gasteiger partial charge in [-0.15, -0.1) is 0 Å². The normalized spacial score (nSPS) is 15.7. The van der Waals surface area contributed by atoms with Crippen LogP contribution in [0, 0.1) is 19.8 Å². The van der Waals surface area contributed by atoms with Crippen LogP contribution >= 0.6 is 0 Å². The number of benzene rings is 1. The molecule has 0 radical (unpaired) electrons. The minimum atomic E-state index is -0.432. The van der Waals surface area contributed by atoms with Gasteiger partial charge in [0.15, 0.2) is 0 Å². The number of aryl methyl sites for hydroxylation is 2. The van der Waals surface area contributed by atoms with Gasteiger partial charge in [0.2, 0.25) is 5.91 Å². The minimum absolute atomic E-state index is 0.0128. The molecule has 0 saturated heterocycles. The van der Waals surface area contributed by atoms with Crippen LogP contribution in [-0.2, 0) is 4.79 Å². The molecule has 0 bridgehead atoms. The first-order valence-corrected chi connectivity index (χ1v) is 6.99. The van der Waals surface area contributed by atoms with Gasteiger partial charge in [0.25, 0.3) is 0 Å². The van der Waals surface area contributed by atoms with Gasteiger partial charge in [0.05, 0.1) is 12.1 Å². The summed E-state index contributed by atoms with van der Waals surface area (Å²) in [5.41, 5.74) is 9.49. The van der Waals surface area contributed by atoms with E-state index in [0.29, 0.717) is 0 Å². The van der Waals surface area contributed by atoms with E-state index < -0.39 is 6.04 Å². The molecule has 19 heavy (non-hydrogen) atoms. The Labute approximate surface area is 116 Å². The first kappa shape index (κ1) is 15.7. The molecule has 3 N–H and O–H groups in total. The molecule has 0 aliphatic rings. The summed E-state index contributed by atoms with van der Waals surface area (Å²) in [6.45, 7) is 10.2. The van der Waals surface area contributed by atoms with Gasteiger partial charge in [0, 0.05) is 0 Å². The molecular formula is C16H26N2O. The molecule has 0 aliphatic heterocycles. The Morgan fingerprint density at radius 1 is 1.21 bits per heavy atom. The fourth-order valence-corrected chi connectivity index (χ4v) is 2.17. The Balaban J connectivity index is 2.73. The van der Waals surface area contributed by atoms with E-state index in [1.54, 1.807) is 0 Å². The van der Waals surface area contributed by atoms with Gasteiger partial charge in [-0.3, -0.25) is 4.79 Å². The van der Waals surface area contributed by atoms with E-state index >= 15 is 0 Å². The summed E-state index contributed by atoms with van der Waals surface area (Å²) in [7, 11) is 0. The molecule has 0 aliphatic carbocycles. The third-order valence-corrected chi connectivity index (χ3v) is 3.66. The monoisotopic (exact) mass is 262 g/mol. The molecule has 1 aromatic carbocycles. The highest BCUT2D eigenvalue weighted by Gasteiger charge is 2.21. The lowest BCUT2D eigenvalue weighted by Gasteiger charge is -2.21. The van der Waals surface area contributed by atoms with E-state index in [1.165, 1.54) is 11.1 Å². The maximum atomic E-state index is 12.1. The quantitative estimate of drug-likeness (QED) is 0.857. The molecule has 3 atom stereocenters. The van der Waals surface area contributed by atoms with Crippen LogP contribution in [0.15, 0.2) is 18.2 Å². The van der Waals surface area contributed by atoms with Crippen LogP contribution in [-0.4, -0.2) is 11.9 Å². The van der Waals surface area contributed by atoms with Crippen molar-refractivity contribution in [3.63, 3.8) is 0 Å². The molecule has 3 unspecified atom stereocenters. The second-order valence-corrected chi connectivity index (χ2v) is 5.56. The number of rotatable bonds is 5. The smallest absolute Gasteiger partial charge is 0.237 e. The molecule has 1 amide bonds. The number of carbonyl (C=O) groups is 1. The Morgan fingerprint density at radius 3 is 2.21 bits per heavy atom. The molecular weight excluding hydrogens is 236 g/mol. The van der Waals surface area contributed by atoms with Gasteiger partial charge in [-0.25, -0.2) is 0 Å². The molecule has 1 rings (SSSR count). The highest BCUT2D eigenvalue weighted by molar-refractivity contribution is 5.82. The number of carbonyl (C=O) groups excluding carboxylic acids is 1. The fourth-order valence-electron chi connectivity index (χ4n) is 2.17. The van der Waals surface area contributed by atoms with Gasteiger partial charge in [0.1, 0.15) is 0 Å². The fraction of sp³-hybridized carbons (Fsp3) is 0.562. The lowest BCUT2D eigenvalue weighted by Crippen LogP contribution is -2.45. The van der Waals surface area contributed by atoms with Crippen molar-refractivity contribution in [3.05, 3.63) is 34.9 Å². The molecule has 3 heteroatoms. The minimum Gasteiger partial charge on any atom is -0.348 e. The summed E-state index contributed by atoms with van der Waals surface area (Å²) in [6, 6.07) is 5.89. The van der Waals surface area contributed by atoms with Crippen molar-refractivity contribution in [2.45, 2.75) is 53.1 Å². The van der Waals surface area contributed by atoms with Crippen molar-refractivity contribution in [1.29, 1.82) is 0 Å². The summed E-state index contributed by atoms with van der Waals surface area (Å²) in [5.74, 6) is 0.132. The van der Waals surface area contributed by atoms with Crippen molar-refractivity contribution in [1.82, 2.24) is 5.32 Å². The van der Waals surface area contributed by atoms with Crippen molar-refractivity contribution in [2.24, 2.45) is 11.7 Å². The van der Waals surface area contributed by atoms with E-state index in [-0.39, 0.29) is 17.9 Å². The van der Waals surface area contributed by atoms with E-state index in [0.717, 1.165) is 12.0 Å². The SMILES string of the molecule is CCC(C)C(N)C(=O)NC(C)c1cc(C)cc(C)c1. The molecule has 0 aromatic heterocycles. The molecule has 1 aromatic rings. The number of hydrogen-bond acceptors (Lipinski definition) is 2. The van der Waals surface area contributed by atoms with Crippen molar-refractivity contribution >= 4 is 5.91 Å². The highest BCUT2D eigenvalue weighted by Crippen LogP contribution is 2.17. The van der Waals surface area contributed by atoms with Crippen LogP contribution in [0.1, 0.15) is 49.9 Å². The Hall–Kier alpha value is -1.35. The zero-order valence-electron chi connectivity index (χ0n) is 12.7. The second-order valence-electron chi connectivity index (χ2n) is 5.56. The summed E-state index contributed by atoms with van der Waals surface area (Å²) in [6.07, 6.45) is 0.909. The summed E-state index contributed by atoms with van der Waals surface area (Å²) in [4.78, 5) is 12.1. The van der Waals surface area contributed by atoms with E-state index in [4.69, 9.17) is 5.73 Å². The van der Waals surface area contributed by atoms with E-state index in [2.05, 4.69) is 37.4 Å². The predicted octanol–water partition coefficient (Wildman–Crippen LogP) is 2.85. The van der Waals surface area contributed by atoms with Crippen molar-refractivity contribution in [3.8, 4) is 0 Å². The third kappa shape index (κ3) is 4.35. The van der Waals surface area contributed by atoms with Gasteiger partial charge in [-0.05, 0) is 32.3 Å². The molecule has 0 fully saturated rings. The Bertz CT molecular complexity index is 422. The third-order valence-electron chi connectivity index (χ3n) is 3.66. The maximum Gasteiger partial charge on any atom is 0.237 e. The Morgan fingerprint density at radius 2 is 1.74 bits per heavy atom. The predicted molar refractivity (Wildman–Crippen MR) is 79.9 cm³/mol. The number of nitrogens with two attached hydrogens (primary N) is 1. The lowest BCUT2D eigenvalue weighted by atomic mass is 9.98. The number of nitrogens with one attached hydrogen (secondary N) is 1. The standard InChI is InChI=1S/C16H26N2O/c1-6-12(4)15(17)16(19)18-13(5)14-8-10(2)7-11(3)9-14/h7-9,12-13,15H,6,17H2,1-5H3,(H,18,19). The highest BCUT2D eigenvalue weighted by atomic mass is 16.2. The van der Waals surface area contributed by atoms with Gasteiger partial charge >= 0.3 is 0 Å². The van der Waals surface area contributed by atoms with Crippen molar-refractivity contribution < 1.29 is 4.79 Å². The molecule has 0 spiro atoms. The Kier molecular flexibility index (Phi) is 5.55. The number of amides is 1. The molecule has 0 heterocycles. The summed E-state index contributed by atoms with van der Waals surface area (Å²) < 4.78 is 0. The zero-order valence-corrected chi connectivity index (χ0v) is 12.7. The average Bonchev–Trinajstić information content (AvgIpc) is 2.35. The summed E-state index contributed by atoms with van der Waals surface area (Å²) in [5, 5.41) is 3.00. The number of hydrogen-bond donors (Lipinski definition) is 2. The van der Waals surface area contributed by atoms with Crippen LogP contribution in [0.2, 0.25) is 0 Å². The zero-order chi connectivity index (χ0) is 14.6. The van der Waals surface area contributed by atoms with Crippen LogP contribution in [0.4, 0.5) is 0 Å². The first-order chi connectivity index (χ1) is 8.85. The lowest BCUT2D eigenvalue weighted by molar-refractivity contribution is -0.124. The van der Waals surface area contributed by atoms with Gasteiger partial charge < -0.3 is 11.1 Å². The van der Waals surface area contributed by atoms with Crippen LogP contribution < -0.4 is 11.1 Å². The van der Waals surface area contributed by atoms with E-state index in [1.807, 2.05) is 20.8 Å². The van der Waals surface area contributed by atoms with Gasteiger partial charge in [-0.2, -0.15) is 0 Å². The molecule has 106 valence electrons. The summed E-state index contributed by atoms with van der Waals surface area (Å²) >= 11 is 0. The van der Waals surface area contributed by atoms with E-state index in [9.17, 15) is 4.79 Å².